The van der Waals surface area contributed by atoms with Crippen molar-refractivity contribution in [3.8, 4) is 0 Å². The lowest BCUT2D eigenvalue weighted by Gasteiger charge is -2.37. The fourth-order valence-electron chi connectivity index (χ4n) is 3.59. The van der Waals surface area contributed by atoms with E-state index in [1.165, 1.54) is 15.9 Å². The summed E-state index contributed by atoms with van der Waals surface area (Å²) in [5, 5.41) is 14.3. The highest BCUT2D eigenvalue weighted by molar-refractivity contribution is 7.96. The van der Waals surface area contributed by atoms with E-state index in [1.807, 2.05) is 0 Å². The minimum Gasteiger partial charge on any atom is -0.391 e. The first-order valence-corrected chi connectivity index (χ1v) is 10.4. The normalized spacial score (nSPS) is 13.0. The highest BCUT2D eigenvalue weighted by Gasteiger charge is 2.53. The molecule has 0 aliphatic carbocycles. The number of benzene rings is 3. The third-order valence-electron chi connectivity index (χ3n) is 4.70. The zero-order valence-electron chi connectivity index (χ0n) is 14.8. The molecule has 2 nitrogen and oxygen atoms in total. The molecular formula is C22H25NOP+. The number of rotatable bonds is 6. The van der Waals surface area contributed by atoms with Gasteiger partial charge in [0.25, 0.3) is 0 Å². The van der Waals surface area contributed by atoms with Gasteiger partial charge in [0, 0.05) is 0 Å². The van der Waals surface area contributed by atoms with Crippen LogP contribution in [0.25, 0.3) is 0 Å². The third kappa shape index (κ3) is 3.26. The van der Waals surface area contributed by atoms with Crippen molar-refractivity contribution in [3.05, 3.63) is 91.0 Å². The standard InChI is InChI=1S/C22H25NOP/c1-23(2)22(18-24)25(19-12-6-3-7-13-19,20-14-8-4-9-15-20)21-16-10-5-11-17-21/h3-17,22,24H,18H2,1-2H3/q+1. The number of aliphatic hydroxyl groups is 1. The van der Waals surface area contributed by atoms with Gasteiger partial charge in [0.05, 0.1) is 6.61 Å². The largest absolute Gasteiger partial charge is 0.391 e. The van der Waals surface area contributed by atoms with E-state index in [-0.39, 0.29) is 12.4 Å². The molecule has 0 amide bonds. The second-order valence-corrected chi connectivity index (χ2v) is 9.95. The number of likely N-dealkylation sites (N-methyl/N-ethyl adjacent to an activating group) is 1. The number of hydrogen-bond donors (Lipinski definition) is 1. The fourth-order valence-corrected chi connectivity index (χ4v) is 8.38. The van der Waals surface area contributed by atoms with Crippen LogP contribution in [-0.4, -0.2) is 36.5 Å². The van der Waals surface area contributed by atoms with Gasteiger partial charge < -0.3 is 5.11 Å². The van der Waals surface area contributed by atoms with Crippen LogP contribution in [0.2, 0.25) is 0 Å². The van der Waals surface area contributed by atoms with E-state index in [2.05, 4.69) is 110 Å². The van der Waals surface area contributed by atoms with Gasteiger partial charge in [-0.05, 0) is 50.5 Å². The molecule has 0 saturated carbocycles. The predicted molar refractivity (Wildman–Crippen MR) is 110 cm³/mol. The van der Waals surface area contributed by atoms with Gasteiger partial charge >= 0.3 is 0 Å². The summed E-state index contributed by atoms with van der Waals surface area (Å²) in [7, 11) is 2.08. The summed E-state index contributed by atoms with van der Waals surface area (Å²) in [6.07, 6.45) is 0. The van der Waals surface area contributed by atoms with Crippen LogP contribution in [0.15, 0.2) is 91.0 Å². The molecule has 1 atom stereocenters. The van der Waals surface area contributed by atoms with Crippen molar-refractivity contribution in [1.82, 2.24) is 4.90 Å². The molecule has 0 fully saturated rings. The zero-order valence-corrected chi connectivity index (χ0v) is 15.7. The molecule has 0 radical (unpaired) electrons. The van der Waals surface area contributed by atoms with Crippen LogP contribution in [0, 0.1) is 0 Å². The molecule has 3 aromatic rings. The Morgan fingerprint density at radius 2 is 1.00 bits per heavy atom. The zero-order chi connectivity index (χ0) is 17.7. The van der Waals surface area contributed by atoms with Gasteiger partial charge in [-0.2, -0.15) is 0 Å². The van der Waals surface area contributed by atoms with Crippen LogP contribution in [0.4, 0.5) is 0 Å². The molecule has 0 aliphatic heterocycles. The second kappa shape index (κ2) is 7.93. The third-order valence-corrected chi connectivity index (χ3v) is 9.55. The Hall–Kier alpha value is -1.99. The Kier molecular flexibility index (Phi) is 5.65. The molecule has 0 heterocycles. The molecule has 3 heteroatoms. The smallest absolute Gasteiger partial charge is 0.159 e. The van der Waals surface area contributed by atoms with E-state index in [0.717, 1.165) is 0 Å². The summed E-state index contributed by atoms with van der Waals surface area (Å²) in [6, 6.07) is 32.0. The van der Waals surface area contributed by atoms with Crippen molar-refractivity contribution < 1.29 is 5.11 Å². The first-order valence-electron chi connectivity index (χ1n) is 8.54. The number of aliphatic hydroxyl groups excluding tert-OH is 1. The van der Waals surface area contributed by atoms with Crippen molar-refractivity contribution >= 4 is 23.2 Å². The van der Waals surface area contributed by atoms with E-state index in [0.29, 0.717) is 0 Å². The average molecular weight is 350 g/mol. The van der Waals surface area contributed by atoms with Crippen molar-refractivity contribution in [1.29, 1.82) is 0 Å². The Labute approximate surface area is 151 Å². The van der Waals surface area contributed by atoms with Gasteiger partial charge in [-0.3, -0.25) is 4.90 Å². The monoisotopic (exact) mass is 350 g/mol. The molecular weight excluding hydrogens is 325 g/mol. The summed E-state index contributed by atoms with van der Waals surface area (Å²) in [4.78, 5) is 2.17. The molecule has 1 N–H and O–H groups in total. The van der Waals surface area contributed by atoms with Crippen molar-refractivity contribution in [3.63, 3.8) is 0 Å². The van der Waals surface area contributed by atoms with Gasteiger partial charge in [0.2, 0.25) is 0 Å². The maximum atomic E-state index is 10.4. The Bertz CT molecular complexity index is 678. The van der Waals surface area contributed by atoms with Gasteiger partial charge in [0.1, 0.15) is 23.2 Å². The quantitative estimate of drug-likeness (QED) is 0.691. The van der Waals surface area contributed by atoms with Crippen LogP contribution >= 0.6 is 7.26 Å². The van der Waals surface area contributed by atoms with Gasteiger partial charge in [-0.25, -0.2) is 0 Å². The second-order valence-electron chi connectivity index (χ2n) is 6.36. The lowest BCUT2D eigenvalue weighted by molar-refractivity contribution is 0.220. The van der Waals surface area contributed by atoms with E-state index >= 15 is 0 Å². The number of hydrogen-bond acceptors (Lipinski definition) is 2. The lowest BCUT2D eigenvalue weighted by atomic mass is 10.3. The van der Waals surface area contributed by atoms with Crippen molar-refractivity contribution in [2.75, 3.05) is 20.7 Å². The minimum absolute atomic E-state index is 0.0136. The first-order chi connectivity index (χ1) is 12.2. The van der Waals surface area contributed by atoms with Crippen LogP contribution < -0.4 is 15.9 Å². The summed E-state index contributed by atoms with van der Waals surface area (Å²) in [6.45, 7) is 0.111. The molecule has 1 unspecified atom stereocenters. The molecule has 3 aromatic carbocycles. The molecule has 0 aromatic heterocycles. The molecule has 128 valence electrons. The van der Waals surface area contributed by atoms with E-state index in [9.17, 15) is 5.11 Å². The SMILES string of the molecule is CN(C)C(CO)[P+](c1ccccc1)(c1ccccc1)c1ccccc1. The summed E-state index contributed by atoms with van der Waals surface area (Å²) in [5.41, 5.74) is 0. The first kappa shape index (κ1) is 17.8. The molecule has 3 rings (SSSR count). The highest BCUT2D eigenvalue weighted by Crippen LogP contribution is 2.59. The summed E-state index contributed by atoms with van der Waals surface area (Å²) >= 11 is 0. The van der Waals surface area contributed by atoms with Crippen LogP contribution in [0.5, 0.6) is 0 Å². The number of nitrogens with zero attached hydrogens (tertiary/aromatic N) is 1. The summed E-state index contributed by atoms with van der Waals surface area (Å²) in [5.74, 6) is 0.0136. The topological polar surface area (TPSA) is 23.5 Å². The Balaban J connectivity index is 2.40. The molecule has 25 heavy (non-hydrogen) atoms. The van der Waals surface area contributed by atoms with Gasteiger partial charge in [-0.15, -0.1) is 0 Å². The Morgan fingerprint density at radius 3 is 1.24 bits per heavy atom. The molecule has 0 spiro atoms. The highest BCUT2D eigenvalue weighted by atomic mass is 31.2. The maximum Gasteiger partial charge on any atom is 0.159 e. The van der Waals surface area contributed by atoms with Crippen molar-refractivity contribution in [2.45, 2.75) is 5.78 Å². The minimum atomic E-state index is -2.04. The van der Waals surface area contributed by atoms with Crippen LogP contribution in [-0.2, 0) is 0 Å². The van der Waals surface area contributed by atoms with Crippen LogP contribution in [0.3, 0.4) is 0 Å². The van der Waals surface area contributed by atoms with Gasteiger partial charge in [-0.1, -0.05) is 54.6 Å². The maximum absolute atomic E-state index is 10.4. The van der Waals surface area contributed by atoms with E-state index < -0.39 is 7.26 Å². The predicted octanol–water partition coefficient (Wildman–Crippen LogP) is 2.86. The lowest BCUT2D eigenvalue weighted by Crippen LogP contribution is -2.46. The summed E-state index contributed by atoms with van der Waals surface area (Å²) < 4.78 is 0. The van der Waals surface area contributed by atoms with E-state index in [1.54, 1.807) is 0 Å². The van der Waals surface area contributed by atoms with Gasteiger partial charge in [0.15, 0.2) is 5.78 Å². The molecule has 0 aliphatic rings. The molecule has 0 saturated heterocycles. The van der Waals surface area contributed by atoms with Crippen LogP contribution in [0.1, 0.15) is 0 Å². The Morgan fingerprint density at radius 1 is 0.680 bits per heavy atom. The molecule has 0 bridgehead atoms. The van der Waals surface area contributed by atoms with Crippen molar-refractivity contribution in [2.24, 2.45) is 0 Å². The average Bonchev–Trinajstić information content (AvgIpc) is 2.68. The fraction of sp³-hybridized carbons (Fsp3) is 0.182. The van der Waals surface area contributed by atoms with E-state index in [4.69, 9.17) is 0 Å².